The van der Waals surface area contributed by atoms with E-state index in [1.807, 2.05) is 13.8 Å². The summed E-state index contributed by atoms with van der Waals surface area (Å²) in [5.41, 5.74) is 0.524. The molecule has 2 aromatic carbocycles. The summed E-state index contributed by atoms with van der Waals surface area (Å²) in [6.07, 6.45) is 1.46. The number of nitrogens with one attached hydrogen (secondary N) is 1. The van der Waals surface area contributed by atoms with Gasteiger partial charge >= 0.3 is 10.1 Å². The zero-order valence-electron chi connectivity index (χ0n) is 16.9. The first-order valence-corrected chi connectivity index (χ1v) is 12.0. The van der Waals surface area contributed by atoms with Crippen molar-refractivity contribution in [2.24, 2.45) is 16.0 Å². The van der Waals surface area contributed by atoms with Gasteiger partial charge in [-0.1, -0.05) is 49.7 Å². The van der Waals surface area contributed by atoms with Crippen LogP contribution in [0.15, 0.2) is 69.1 Å². The Morgan fingerprint density at radius 2 is 1.91 bits per heavy atom. The van der Waals surface area contributed by atoms with Crippen LogP contribution in [0.3, 0.4) is 0 Å². The van der Waals surface area contributed by atoms with E-state index in [1.54, 1.807) is 18.2 Å². The van der Waals surface area contributed by atoms with Gasteiger partial charge in [0.25, 0.3) is 5.91 Å². The number of aliphatic imine (C=N–C) groups is 1. The third-order valence-electron chi connectivity index (χ3n) is 4.46. The van der Waals surface area contributed by atoms with E-state index in [1.165, 1.54) is 53.2 Å². The number of carbonyl (C=O) groups is 1. The van der Waals surface area contributed by atoms with Gasteiger partial charge in [-0.05, 0) is 47.7 Å². The van der Waals surface area contributed by atoms with Gasteiger partial charge in [0, 0.05) is 5.92 Å². The molecule has 0 fully saturated rings. The smallest absolute Gasteiger partial charge is 0.339 e. The van der Waals surface area contributed by atoms with Crippen molar-refractivity contribution < 1.29 is 17.4 Å². The van der Waals surface area contributed by atoms with Crippen molar-refractivity contribution in [3.8, 4) is 5.75 Å². The topological polar surface area (TPSA) is 112 Å². The van der Waals surface area contributed by atoms with Crippen LogP contribution in [-0.2, 0) is 14.9 Å². The second-order valence-corrected chi connectivity index (χ2v) is 10.1. The maximum Gasteiger partial charge on any atom is 0.339 e. The van der Waals surface area contributed by atoms with Crippen LogP contribution in [0.4, 0.5) is 0 Å². The number of rotatable bonds is 5. The Bertz CT molecular complexity index is 1320. The van der Waals surface area contributed by atoms with Gasteiger partial charge in [0.1, 0.15) is 9.94 Å². The van der Waals surface area contributed by atoms with Crippen molar-refractivity contribution in [2.45, 2.75) is 18.7 Å². The highest BCUT2D eigenvalue weighted by Gasteiger charge is 2.36. The Labute approximate surface area is 194 Å². The first kappa shape index (κ1) is 22.3. The summed E-state index contributed by atoms with van der Waals surface area (Å²) < 4.78 is 30.0. The number of carbonyl (C=O) groups excluding carboxylic acids is 1. The SMILES string of the molecule is CC(C)C1=NN2C(=N)/C(=C/c3ccc(OS(=O)(=O)c4ccccc4)c(Cl)c3)C(=O)N=C2S1. The molecule has 1 amide bonds. The Morgan fingerprint density at radius 3 is 2.56 bits per heavy atom. The molecular formula is C21H17ClN4O4S2. The first-order valence-electron chi connectivity index (χ1n) is 9.45. The molecule has 0 aliphatic carbocycles. The predicted octanol–water partition coefficient (Wildman–Crippen LogP) is 4.38. The Hall–Kier alpha value is -2.95. The van der Waals surface area contributed by atoms with E-state index in [0.717, 1.165) is 5.04 Å². The molecule has 2 heterocycles. The summed E-state index contributed by atoms with van der Waals surface area (Å²) >= 11 is 7.50. The fraction of sp³-hybridized carbons (Fsp3) is 0.143. The summed E-state index contributed by atoms with van der Waals surface area (Å²) in [5.74, 6) is -0.560. The van der Waals surface area contributed by atoms with Crippen LogP contribution in [0.25, 0.3) is 6.08 Å². The average molecular weight is 489 g/mol. The van der Waals surface area contributed by atoms with Gasteiger partial charge < -0.3 is 4.18 Å². The van der Waals surface area contributed by atoms with Gasteiger partial charge in [-0.2, -0.15) is 23.5 Å². The molecule has 8 nitrogen and oxygen atoms in total. The normalized spacial score (nSPS) is 17.5. The number of hydrogen-bond acceptors (Lipinski definition) is 7. The number of amides is 1. The highest BCUT2D eigenvalue weighted by atomic mass is 35.5. The number of halogens is 1. The van der Waals surface area contributed by atoms with Gasteiger partial charge in [0.15, 0.2) is 11.6 Å². The predicted molar refractivity (Wildman–Crippen MR) is 126 cm³/mol. The lowest BCUT2D eigenvalue weighted by atomic mass is 10.1. The minimum absolute atomic E-state index is 0.00184. The van der Waals surface area contributed by atoms with Gasteiger partial charge in [-0.15, -0.1) is 0 Å². The van der Waals surface area contributed by atoms with Crippen molar-refractivity contribution in [1.82, 2.24) is 5.01 Å². The molecule has 164 valence electrons. The molecule has 0 saturated heterocycles. The molecular weight excluding hydrogens is 472 g/mol. The third-order valence-corrected chi connectivity index (χ3v) is 7.22. The highest BCUT2D eigenvalue weighted by Crippen LogP contribution is 2.32. The van der Waals surface area contributed by atoms with Crippen LogP contribution >= 0.6 is 23.4 Å². The number of hydrogen-bond donors (Lipinski definition) is 1. The van der Waals surface area contributed by atoms with Crippen molar-refractivity contribution >= 4 is 61.5 Å². The molecule has 0 bridgehead atoms. The number of nitrogens with zero attached hydrogens (tertiary/aromatic N) is 3. The van der Waals surface area contributed by atoms with Crippen molar-refractivity contribution in [3.05, 3.63) is 64.7 Å². The lowest BCUT2D eigenvalue weighted by Crippen LogP contribution is -2.35. The largest absolute Gasteiger partial charge is 0.377 e. The molecule has 0 saturated carbocycles. The van der Waals surface area contributed by atoms with E-state index in [2.05, 4.69) is 10.1 Å². The molecule has 0 spiro atoms. The standard InChI is InChI=1S/C21H17ClN4O4S2/c1-12(2)20-25-26-18(23)15(19(27)24-21(26)31-20)10-13-8-9-17(16(22)11-13)30-32(28,29)14-6-4-3-5-7-14/h3-12,23H,1-2H3/b15-10-,23-18?. The van der Waals surface area contributed by atoms with Crippen LogP contribution in [-0.4, -0.2) is 35.4 Å². The van der Waals surface area contributed by atoms with Crippen LogP contribution < -0.4 is 4.18 Å². The number of amidine groups is 2. The van der Waals surface area contributed by atoms with Crippen molar-refractivity contribution in [3.63, 3.8) is 0 Å². The Balaban J connectivity index is 1.60. The zero-order valence-corrected chi connectivity index (χ0v) is 19.3. The summed E-state index contributed by atoms with van der Waals surface area (Å²) in [4.78, 5) is 16.5. The molecule has 0 atom stereocenters. The fourth-order valence-electron chi connectivity index (χ4n) is 2.83. The molecule has 1 N–H and O–H groups in total. The van der Waals surface area contributed by atoms with E-state index in [9.17, 15) is 13.2 Å². The minimum Gasteiger partial charge on any atom is -0.377 e. The van der Waals surface area contributed by atoms with Gasteiger partial charge in [-0.3, -0.25) is 10.2 Å². The Morgan fingerprint density at radius 1 is 1.19 bits per heavy atom. The monoisotopic (exact) mass is 488 g/mol. The number of thioether (sulfide) groups is 1. The summed E-state index contributed by atoms with van der Waals surface area (Å²) in [7, 11) is -4.05. The molecule has 2 aliphatic rings. The Kier molecular flexibility index (Phi) is 5.93. The van der Waals surface area contributed by atoms with Gasteiger partial charge in [0.05, 0.1) is 10.6 Å². The van der Waals surface area contributed by atoms with E-state index < -0.39 is 16.0 Å². The molecule has 4 rings (SSSR count). The molecule has 11 heteroatoms. The molecule has 2 aromatic rings. The minimum atomic E-state index is -4.05. The summed E-state index contributed by atoms with van der Waals surface area (Å²) in [6.45, 7) is 3.94. The molecule has 32 heavy (non-hydrogen) atoms. The zero-order chi connectivity index (χ0) is 23.0. The number of benzene rings is 2. The second-order valence-electron chi connectivity index (χ2n) is 7.15. The van der Waals surface area contributed by atoms with Crippen LogP contribution in [0.2, 0.25) is 5.02 Å². The number of hydrazone groups is 1. The summed E-state index contributed by atoms with van der Waals surface area (Å²) in [6, 6.07) is 12.1. The van der Waals surface area contributed by atoms with E-state index in [-0.39, 0.29) is 33.0 Å². The average Bonchev–Trinajstić information content (AvgIpc) is 3.18. The highest BCUT2D eigenvalue weighted by molar-refractivity contribution is 8.27. The van der Waals surface area contributed by atoms with Crippen LogP contribution in [0.1, 0.15) is 19.4 Å². The lowest BCUT2D eigenvalue weighted by Gasteiger charge is -2.20. The fourth-order valence-corrected chi connectivity index (χ4v) is 4.97. The molecule has 0 aromatic heterocycles. The third kappa shape index (κ3) is 4.34. The van der Waals surface area contributed by atoms with Crippen molar-refractivity contribution in [1.29, 1.82) is 5.41 Å². The maximum absolute atomic E-state index is 12.5. The lowest BCUT2D eigenvalue weighted by molar-refractivity contribution is -0.114. The van der Waals surface area contributed by atoms with Crippen LogP contribution in [0.5, 0.6) is 5.75 Å². The molecule has 0 radical (unpaired) electrons. The molecule has 0 unspecified atom stereocenters. The second kappa shape index (κ2) is 8.53. The first-order chi connectivity index (χ1) is 15.2. The molecule has 2 aliphatic heterocycles. The van der Waals surface area contributed by atoms with Gasteiger partial charge in [0.2, 0.25) is 5.17 Å². The quantitative estimate of drug-likeness (QED) is 0.493. The summed E-state index contributed by atoms with van der Waals surface area (Å²) in [5, 5.41) is 15.3. The van der Waals surface area contributed by atoms with E-state index in [0.29, 0.717) is 10.7 Å². The van der Waals surface area contributed by atoms with E-state index >= 15 is 0 Å². The van der Waals surface area contributed by atoms with Crippen LogP contribution in [0, 0.1) is 11.3 Å². The number of fused-ring (bicyclic) bond motifs is 1. The maximum atomic E-state index is 12.5. The van der Waals surface area contributed by atoms with E-state index in [4.69, 9.17) is 21.2 Å². The van der Waals surface area contributed by atoms with Gasteiger partial charge in [-0.25, -0.2) is 0 Å². The van der Waals surface area contributed by atoms with Crippen molar-refractivity contribution in [2.75, 3.05) is 0 Å².